The number of hydrogen-bond donors (Lipinski definition) is 2. The summed E-state index contributed by atoms with van der Waals surface area (Å²) in [6, 6.07) is 0. The number of rotatable bonds is 11. The number of hydrogen-bond acceptors (Lipinski definition) is 3. The van der Waals surface area contributed by atoms with Crippen LogP contribution in [0.2, 0.25) is 0 Å². The molecule has 1 atom stereocenters. The highest BCUT2D eigenvalue weighted by atomic mass is 16.3. The van der Waals surface area contributed by atoms with Crippen LogP contribution in [-0.4, -0.2) is 49.3 Å². The van der Waals surface area contributed by atoms with Gasteiger partial charge in [-0.25, -0.2) is 0 Å². The molecular formula is C15H34N2O. The van der Waals surface area contributed by atoms with Crippen LogP contribution in [0.3, 0.4) is 0 Å². The van der Waals surface area contributed by atoms with E-state index in [1.54, 1.807) is 0 Å². The van der Waals surface area contributed by atoms with Gasteiger partial charge in [0.25, 0.3) is 0 Å². The van der Waals surface area contributed by atoms with Gasteiger partial charge < -0.3 is 15.3 Å². The Hall–Kier alpha value is -0.120. The van der Waals surface area contributed by atoms with Crippen molar-refractivity contribution in [2.75, 3.05) is 33.7 Å². The standard InChI is InChI=1S/C15H34N2O/c1-14(8-6-10-15(2,3)18)9-12-16-11-7-13-17(4)5/h14,16,18H,6-13H2,1-5H3. The van der Waals surface area contributed by atoms with Crippen LogP contribution >= 0.6 is 0 Å². The molecule has 110 valence electrons. The topological polar surface area (TPSA) is 35.5 Å². The van der Waals surface area contributed by atoms with Crippen molar-refractivity contribution in [1.82, 2.24) is 10.2 Å². The van der Waals surface area contributed by atoms with E-state index in [2.05, 4.69) is 31.2 Å². The zero-order valence-electron chi connectivity index (χ0n) is 13.1. The Morgan fingerprint density at radius 2 is 1.78 bits per heavy atom. The van der Waals surface area contributed by atoms with Gasteiger partial charge in [-0.3, -0.25) is 0 Å². The van der Waals surface area contributed by atoms with Crippen LogP contribution in [-0.2, 0) is 0 Å². The van der Waals surface area contributed by atoms with E-state index in [0.717, 1.165) is 38.4 Å². The maximum Gasteiger partial charge on any atom is 0.0591 e. The van der Waals surface area contributed by atoms with Crippen LogP contribution in [0.5, 0.6) is 0 Å². The normalized spacial score (nSPS) is 14.2. The number of nitrogens with zero attached hydrogens (tertiary/aromatic N) is 1. The van der Waals surface area contributed by atoms with Crippen molar-refractivity contribution in [3.05, 3.63) is 0 Å². The van der Waals surface area contributed by atoms with Gasteiger partial charge >= 0.3 is 0 Å². The lowest BCUT2D eigenvalue weighted by Gasteiger charge is -2.18. The average molecular weight is 258 g/mol. The Kier molecular flexibility index (Phi) is 9.70. The molecule has 0 radical (unpaired) electrons. The molecule has 0 amide bonds. The van der Waals surface area contributed by atoms with Crippen LogP contribution in [0.25, 0.3) is 0 Å². The fraction of sp³-hybridized carbons (Fsp3) is 1.00. The van der Waals surface area contributed by atoms with Gasteiger partial charge in [-0.2, -0.15) is 0 Å². The Balaban J connectivity index is 3.29. The lowest BCUT2D eigenvalue weighted by atomic mass is 9.95. The Morgan fingerprint density at radius 3 is 2.33 bits per heavy atom. The van der Waals surface area contributed by atoms with Gasteiger partial charge in [0.15, 0.2) is 0 Å². The molecule has 0 saturated carbocycles. The van der Waals surface area contributed by atoms with Crippen molar-refractivity contribution in [2.45, 2.75) is 58.5 Å². The fourth-order valence-corrected chi connectivity index (χ4v) is 2.02. The molecule has 0 rings (SSSR count). The highest BCUT2D eigenvalue weighted by molar-refractivity contribution is 4.66. The van der Waals surface area contributed by atoms with Gasteiger partial charge in [0.1, 0.15) is 0 Å². The van der Waals surface area contributed by atoms with E-state index < -0.39 is 5.60 Å². The lowest BCUT2D eigenvalue weighted by molar-refractivity contribution is 0.0669. The first-order valence-corrected chi connectivity index (χ1v) is 7.39. The minimum absolute atomic E-state index is 0.496. The second kappa shape index (κ2) is 9.76. The monoisotopic (exact) mass is 258 g/mol. The molecule has 1 unspecified atom stereocenters. The van der Waals surface area contributed by atoms with E-state index in [4.69, 9.17) is 0 Å². The molecule has 3 nitrogen and oxygen atoms in total. The van der Waals surface area contributed by atoms with Crippen molar-refractivity contribution in [2.24, 2.45) is 5.92 Å². The van der Waals surface area contributed by atoms with Gasteiger partial charge in [-0.15, -0.1) is 0 Å². The summed E-state index contributed by atoms with van der Waals surface area (Å²) in [5, 5.41) is 13.1. The summed E-state index contributed by atoms with van der Waals surface area (Å²) in [7, 11) is 4.23. The summed E-state index contributed by atoms with van der Waals surface area (Å²) in [5.74, 6) is 0.758. The van der Waals surface area contributed by atoms with Crippen molar-refractivity contribution in [1.29, 1.82) is 0 Å². The first-order valence-electron chi connectivity index (χ1n) is 7.39. The van der Waals surface area contributed by atoms with Crippen LogP contribution in [0.15, 0.2) is 0 Å². The Morgan fingerprint density at radius 1 is 1.11 bits per heavy atom. The summed E-state index contributed by atoms with van der Waals surface area (Å²) in [6.07, 6.45) is 5.73. The highest BCUT2D eigenvalue weighted by Gasteiger charge is 2.12. The zero-order valence-corrected chi connectivity index (χ0v) is 13.1. The third-order valence-electron chi connectivity index (χ3n) is 3.26. The van der Waals surface area contributed by atoms with Crippen molar-refractivity contribution in [3.63, 3.8) is 0 Å². The molecule has 0 aromatic heterocycles. The van der Waals surface area contributed by atoms with Gasteiger partial charge in [0.2, 0.25) is 0 Å². The fourth-order valence-electron chi connectivity index (χ4n) is 2.02. The molecule has 0 aromatic rings. The van der Waals surface area contributed by atoms with E-state index in [1.807, 2.05) is 13.8 Å². The maximum absolute atomic E-state index is 9.63. The van der Waals surface area contributed by atoms with Crippen molar-refractivity contribution < 1.29 is 5.11 Å². The first-order chi connectivity index (χ1) is 8.31. The molecule has 0 heterocycles. The van der Waals surface area contributed by atoms with E-state index in [0.29, 0.717) is 0 Å². The largest absolute Gasteiger partial charge is 0.390 e. The van der Waals surface area contributed by atoms with E-state index in [1.165, 1.54) is 19.3 Å². The molecule has 0 fully saturated rings. The molecule has 2 N–H and O–H groups in total. The zero-order chi connectivity index (χ0) is 14.0. The summed E-state index contributed by atoms with van der Waals surface area (Å²) < 4.78 is 0. The predicted molar refractivity (Wildman–Crippen MR) is 80.0 cm³/mol. The number of nitrogens with one attached hydrogen (secondary N) is 1. The summed E-state index contributed by atoms with van der Waals surface area (Å²) in [5.41, 5.74) is -0.496. The first kappa shape index (κ1) is 17.9. The van der Waals surface area contributed by atoms with Crippen LogP contribution in [0.4, 0.5) is 0 Å². The minimum Gasteiger partial charge on any atom is -0.390 e. The molecule has 0 saturated heterocycles. The molecular weight excluding hydrogens is 224 g/mol. The Labute approximate surface area is 114 Å². The summed E-state index contributed by atoms with van der Waals surface area (Å²) in [4.78, 5) is 2.22. The third kappa shape index (κ3) is 13.9. The van der Waals surface area contributed by atoms with Gasteiger partial charge in [-0.05, 0) is 72.8 Å². The molecule has 3 heteroatoms. The lowest BCUT2D eigenvalue weighted by Crippen LogP contribution is -2.23. The van der Waals surface area contributed by atoms with Crippen LogP contribution in [0, 0.1) is 5.92 Å². The molecule has 18 heavy (non-hydrogen) atoms. The van der Waals surface area contributed by atoms with E-state index in [-0.39, 0.29) is 0 Å². The van der Waals surface area contributed by atoms with Gasteiger partial charge in [0, 0.05) is 0 Å². The maximum atomic E-state index is 9.63. The van der Waals surface area contributed by atoms with Crippen LogP contribution in [0.1, 0.15) is 52.9 Å². The molecule has 0 aromatic carbocycles. The van der Waals surface area contributed by atoms with Crippen LogP contribution < -0.4 is 5.32 Å². The minimum atomic E-state index is -0.496. The second-order valence-electron chi connectivity index (χ2n) is 6.51. The van der Waals surface area contributed by atoms with Gasteiger partial charge in [-0.1, -0.05) is 19.8 Å². The molecule has 0 aliphatic heterocycles. The highest BCUT2D eigenvalue weighted by Crippen LogP contribution is 2.17. The summed E-state index contributed by atoms with van der Waals surface area (Å²) >= 11 is 0. The molecule has 0 spiro atoms. The van der Waals surface area contributed by atoms with E-state index in [9.17, 15) is 5.11 Å². The molecule has 0 bridgehead atoms. The number of aliphatic hydroxyl groups is 1. The smallest absolute Gasteiger partial charge is 0.0591 e. The predicted octanol–water partition coefficient (Wildman–Crippen LogP) is 2.50. The average Bonchev–Trinajstić information content (AvgIpc) is 2.20. The Bertz CT molecular complexity index is 187. The molecule has 0 aliphatic carbocycles. The quantitative estimate of drug-likeness (QED) is 0.559. The van der Waals surface area contributed by atoms with Gasteiger partial charge in [0.05, 0.1) is 5.60 Å². The van der Waals surface area contributed by atoms with Crippen molar-refractivity contribution in [3.8, 4) is 0 Å². The SMILES string of the molecule is CC(CCCC(C)(C)O)CCNCCCN(C)C. The van der Waals surface area contributed by atoms with E-state index >= 15 is 0 Å². The summed E-state index contributed by atoms with van der Waals surface area (Å²) in [6.45, 7) is 9.50. The second-order valence-corrected chi connectivity index (χ2v) is 6.51. The van der Waals surface area contributed by atoms with Crippen molar-refractivity contribution >= 4 is 0 Å². The molecule has 0 aliphatic rings. The third-order valence-corrected chi connectivity index (χ3v) is 3.26.